The zero-order valence-electron chi connectivity index (χ0n) is 22.7. The number of carbonyl (C=O) groups excluding carboxylic acids is 2. The first-order chi connectivity index (χ1) is 18.4. The number of fused-ring (bicyclic) bond motifs is 3. The number of hydrogen-bond acceptors (Lipinski definition) is 4. The maximum Gasteiger partial charge on any atom is 0.274 e. The van der Waals surface area contributed by atoms with E-state index in [0.717, 1.165) is 50.2 Å². The Morgan fingerprint density at radius 2 is 1.95 bits per heavy atom. The van der Waals surface area contributed by atoms with Gasteiger partial charge in [0.05, 0.1) is 0 Å². The lowest BCUT2D eigenvalue weighted by Gasteiger charge is -2.43. The molecule has 6 unspecified atom stereocenters. The SMILES string of the molecule is CC1CCCCN1C1CCN(C(=O)c2cn3c(C(=O)NCC45CC6CC6C6(CC6C4)C5)cccc3n2)CC1. The molecule has 2 aromatic rings. The third kappa shape index (κ3) is 3.60. The van der Waals surface area contributed by atoms with Gasteiger partial charge >= 0.3 is 0 Å². The summed E-state index contributed by atoms with van der Waals surface area (Å²) >= 11 is 0. The van der Waals surface area contributed by atoms with Crippen LogP contribution in [0.25, 0.3) is 5.65 Å². The highest BCUT2D eigenvalue weighted by Gasteiger charge is 2.76. The van der Waals surface area contributed by atoms with Crippen LogP contribution in [0.15, 0.2) is 24.4 Å². The summed E-state index contributed by atoms with van der Waals surface area (Å²) in [5, 5.41) is 3.31. The number of aromatic nitrogens is 2. The van der Waals surface area contributed by atoms with Crippen molar-refractivity contribution < 1.29 is 9.59 Å². The van der Waals surface area contributed by atoms with Crippen LogP contribution in [0, 0.1) is 28.6 Å². The number of rotatable bonds is 5. The second-order valence-electron chi connectivity index (χ2n) is 13.9. The predicted molar refractivity (Wildman–Crippen MR) is 145 cm³/mol. The minimum Gasteiger partial charge on any atom is -0.350 e. The van der Waals surface area contributed by atoms with E-state index in [0.29, 0.717) is 39.9 Å². The monoisotopic (exact) mass is 515 g/mol. The van der Waals surface area contributed by atoms with Crippen molar-refractivity contribution in [2.24, 2.45) is 28.6 Å². The molecule has 1 N–H and O–H groups in total. The fraction of sp³-hybridized carbons (Fsp3) is 0.710. The number of amides is 2. The van der Waals surface area contributed by atoms with Crippen LogP contribution in [-0.4, -0.2) is 69.3 Å². The Hall–Kier alpha value is -2.41. The highest BCUT2D eigenvalue weighted by Crippen LogP contribution is 2.83. The molecule has 7 nitrogen and oxygen atoms in total. The van der Waals surface area contributed by atoms with E-state index in [1.54, 1.807) is 6.20 Å². The van der Waals surface area contributed by atoms with Crippen molar-refractivity contribution in [3.05, 3.63) is 35.8 Å². The summed E-state index contributed by atoms with van der Waals surface area (Å²) in [5.74, 6) is 2.79. The van der Waals surface area contributed by atoms with Crippen LogP contribution in [0.5, 0.6) is 0 Å². The molecule has 2 aromatic heterocycles. The molecule has 2 bridgehead atoms. The molecule has 0 aromatic carbocycles. The maximum absolute atomic E-state index is 13.4. The van der Waals surface area contributed by atoms with Crippen LogP contribution < -0.4 is 5.32 Å². The molecule has 38 heavy (non-hydrogen) atoms. The van der Waals surface area contributed by atoms with Gasteiger partial charge in [0, 0.05) is 37.9 Å². The lowest BCUT2D eigenvalue weighted by Crippen LogP contribution is -2.51. The summed E-state index contributed by atoms with van der Waals surface area (Å²) in [6.07, 6.45) is 14.6. The average molecular weight is 516 g/mol. The fourth-order valence-electron chi connectivity index (χ4n) is 9.75. The van der Waals surface area contributed by atoms with Gasteiger partial charge in [-0.1, -0.05) is 12.5 Å². The van der Waals surface area contributed by atoms with Crippen molar-refractivity contribution in [1.82, 2.24) is 24.5 Å². The third-order valence-electron chi connectivity index (χ3n) is 11.7. The van der Waals surface area contributed by atoms with Crippen LogP contribution in [0.1, 0.15) is 92.1 Å². The van der Waals surface area contributed by atoms with Gasteiger partial charge in [-0.05, 0) is 112 Å². The van der Waals surface area contributed by atoms with Crippen LogP contribution in [0.3, 0.4) is 0 Å². The number of piperidine rings is 2. The number of hydrogen-bond donors (Lipinski definition) is 1. The number of pyridine rings is 1. The van der Waals surface area contributed by atoms with Gasteiger partial charge < -0.3 is 10.2 Å². The van der Waals surface area contributed by atoms with E-state index in [9.17, 15) is 9.59 Å². The van der Waals surface area contributed by atoms with Gasteiger partial charge in [-0.3, -0.25) is 18.9 Å². The van der Waals surface area contributed by atoms with Crippen molar-refractivity contribution in [3.8, 4) is 0 Å². The Bertz CT molecular complexity index is 1290. The lowest BCUT2D eigenvalue weighted by atomic mass is 9.71. The average Bonchev–Trinajstić information content (AvgIpc) is 3.77. The van der Waals surface area contributed by atoms with E-state index in [2.05, 4.69) is 22.1 Å². The molecule has 4 saturated carbocycles. The van der Waals surface area contributed by atoms with Crippen LogP contribution in [0.2, 0.25) is 0 Å². The molecule has 0 radical (unpaired) electrons. The topological polar surface area (TPSA) is 70.0 Å². The minimum absolute atomic E-state index is 0.0132. The van der Waals surface area contributed by atoms with E-state index < -0.39 is 0 Å². The normalized spacial score (nSPS) is 38.1. The molecular formula is C31H41N5O2. The minimum atomic E-state index is -0.0506. The molecule has 2 amide bonds. The molecule has 1 spiro atoms. The highest BCUT2D eigenvalue weighted by atomic mass is 16.2. The van der Waals surface area contributed by atoms with Crippen molar-refractivity contribution in [2.75, 3.05) is 26.2 Å². The number of nitrogens with one attached hydrogen (secondary N) is 1. The first-order valence-corrected chi connectivity index (χ1v) is 15.3. The quantitative estimate of drug-likeness (QED) is 0.642. The largest absolute Gasteiger partial charge is 0.350 e. The first kappa shape index (κ1) is 23.5. The van der Waals surface area contributed by atoms with E-state index in [4.69, 9.17) is 0 Å². The molecule has 202 valence electrons. The Morgan fingerprint density at radius 1 is 1.08 bits per heavy atom. The Morgan fingerprint density at radius 3 is 2.79 bits per heavy atom. The maximum atomic E-state index is 13.4. The number of imidazole rings is 1. The lowest BCUT2D eigenvalue weighted by molar-refractivity contribution is 0.0460. The van der Waals surface area contributed by atoms with Gasteiger partial charge in [0.1, 0.15) is 17.0 Å². The van der Waals surface area contributed by atoms with Gasteiger partial charge in [-0.2, -0.15) is 0 Å². The molecule has 6 aliphatic rings. The Balaban J connectivity index is 0.939. The Kier molecular flexibility index (Phi) is 5.12. The van der Waals surface area contributed by atoms with Crippen LogP contribution in [-0.2, 0) is 0 Å². The zero-order chi connectivity index (χ0) is 25.6. The predicted octanol–water partition coefficient (Wildman–Crippen LogP) is 4.37. The van der Waals surface area contributed by atoms with Gasteiger partial charge in [-0.15, -0.1) is 0 Å². The zero-order valence-corrected chi connectivity index (χ0v) is 22.7. The van der Waals surface area contributed by atoms with Crippen LogP contribution in [0.4, 0.5) is 0 Å². The molecule has 6 fully saturated rings. The molecule has 4 aliphatic carbocycles. The van der Waals surface area contributed by atoms with E-state index in [1.807, 2.05) is 27.5 Å². The number of nitrogens with zero attached hydrogens (tertiary/aromatic N) is 4. The third-order valence-corrected chi connectivity index (χ3v) is 11.7. The molecule has 8 rings (SSSR count). The first-order valence-electron chi connectivity index (χ1n) is 15.3. The van der Waals surface area contributed by atoms with E-state index >= 15 is 0 Å². The van der Waals surface area contributed by atoms with Gasteiger partial charge in [-0.25, -0.2) is 4.98 Å². The summed E-state index contributed by atoms with van der Waals surface area (Å²) < 4.78 is 1.81. The highest BCUT2D eigenvalue weighted by molar-refractivity contribution is 5.95. The van der Waals surface area contributed by atoms with E-state index in [-0.39, 0.29) is 11.8 Å². The summed E-state index contributed by atoms with van der Waals surface area (Å²) in [5.41, 5.74) is 2.65. The summed E-state index contributed by atoms with van der Waals surface area (Å²) in [7, 11) is 0. The fourth-order valence-corrected chi connectivity index (χ4v) is 9.75. The number of likely N-dealkylation sites (tertiary alicyclic amines) is 2. The summed E-state index contributed by atoms with van der Waals surface area (Å²) in [4.78, 5) is 36.1. The molecule has 7 heteroatoms. The molecule has 4 heterocycles. The smallest absolute Gasteiger partial charge is 0.274 e. The summed E-state index contributed by atoms with van der Waals surface area (Å²) in [6, 6.07) is 6.86. The van der Waals surface area contributed by atoms with Gasteiger partial charge in [0.15, 0.2) is 0 Å². The standard InChI is InChI=1S/C31H41N5O2/c1-20-5-2-3-10-35(20)23-8-11-34(12-9-23)29(38)25-17-36-26(6-4-7-27(36)33-25)28(37)32-19-30-14-21-13-24(21)31(18-30)16-22(31)15-30/h4,6-7,17,20-24H,2-3,5,8-16,18-19H2,1H3,(H,32,37). The second kappa shape index (κ2) is 8.30. The number of carbonyl (C=O) groups is 2. The second-order valence-corrected chi connectivity index (χ2v) is 13.9. The van der Waals surface area contributed by atoms with Gasteiger partial charge in [0.2, 0.25) is 0 Å². The van der Waals surface area contributed by atoms with Gasteiger partial charge in [0.25, 0.3) is 11.8 Å². The Labute approximate surface area is 225 Å². The van der Waals surface area contributed by atoms with Crippen molar-refractivity contribution in [2.45, 2.75) is 83.2 Å². The van der Waals surface area contributed by atoms with Crippen molar-refractivity contribution in [3.63, 3.8) is 0 Å². The van der Waals surface area contributed by atoms with Crippen LogP contribution >= 0.6 is 0 Å². The molecule has 2 saturated heterocycles. The molecule has 2 aliphatic heterocycles. The molecule has 6 atom stereocenters. The van der Waals surface area contributed by atoms with Crippen molar-refractivity contribution >= 4 is 17.5 Å². The summed E-state index contributed by atoms with van der Waals surface area (Å²) in [6.45, 7) is 5.89. The van der Waals surface area contributed by atoms with Crippen molar-refractivity contribution in [1.29, 1.82) is 0 Å². The molecular weight excluding hydrogens is 474 g/mol. The van der Waals surface area contributed by atoms with E-state index in [1.165, 1.54) is 57.9 Å².